The van der Waals surface area contributed by atoms with Crippen LogP contribution in [0.25, 0.3) is 0 Å². The molecule has 14 heteroatoms. The molecular weight excluding hydrogens is 602 g/mol. The minimum absolute atomic E-state index is 0.00255. The Hall–Kier alpha value is -3.68. The van der Waals surface area contributed by atoms with Gasteiger partial charge in [-0.3, -0.25) is 9.59 Å². The molecule has 0 radical (unpaired) electrons. The third kappa shape index (κ3) is 7.59. The van der Waals surface area contributed by atoms with Gasteiger partial charge in [0.1, 0.15) is 29.3 Å². The van der Waals surface area contributed by atoms with Crippen LogP contribution in [0.2, 0.25) is 0 Å². The lowest BCUT2D eigenvalue weighted by Gasteiger charge is -2.30. The van der Waals surface area contributed by atoms with Crippen molar-refractivity contribution < 1.29 is 38.6 Å². The molecule has 4 amide bonds. The zero-order valence-corrected chi connectivity index (χ0v) is 27.1. The number of aromatic nitrogens is 1. The summed E-state index contributed by atoms with van der Waals surface area (Å²) in [5.74, 6) is -2.63. The molecule has 5 atom stereocenters. The maximum absolute atomic E-state index is 14.1. The van der Waals surface area contributed by atoms with Crippen molar-refractivity contribution in [3.05, 3.63) is 27.7 Å². The lowest BCUT2D eigenvalue weighted by molar-refractivity contribution is -0.145. The van der Waals surface area contributed by atoms with Gasteiger partial charge in [-0.05, 0) is 53.4 Å². The maximum Gasteiger partial charge on any atom is 0.410 e. The molecule has 1 saturated heterocycles. The van der Waals surface area contributed by atoms with E-state index in [1.165, 1.54) is 16.2 Å². The maximum atomic E-state index is 14.1. The molecule has 5 rings (SSSR count). The summed E-state index contributed by atoms with van der Waals surface area (Å²) in [4.78, 5) is 74.6. The number of rotatable bonds is 3. The van der Waals surface area contributed by atoms with Gasteiger partial charge in [0.05, 0.1) is 23.8 Å². The van der Waals surface area contributed by atoms with Crippen LogP contribution in [0.4, 0.5) is 9.59 Å². The first-order valence-corrected chi connectivity index (χ1v) is 16.5. The second kappa shape index (κ2) is 13.0. The van der Waals surface area contributed by atoms with Crippen LogP contribution in [0.1, 0.15) is 81.3 Å². The highest BCUT2D eigenvalue weighted by Gasteiger charge is 2.61. The Morgan fingerprint density at radius 2 is 1.98 bits per heavy atom. The molecule has 0 aromatic carbocycles. The van der Waals surface area contributed by atoms with Crippen LogP contribution < -0.4 is 10.6 Å². The van der Waals surface area contributed by atoms with Crippen LogP contribution >= 0.6 is 11.3 Å². The number of carboxylic acid groups (broad SMARTS) is 1. The molecule has 13 nitrogen and oxygen atoms in total. The van der Waals surface area contributed by atoms with E-state index in [-0.39, 0.29) is 25.3 Å². The molecule has 0 unspecified atom stereocenters. The fraction of sp³-hybridized carbons (Fsp3) is 0.677. The minimum Gasteiger partial charge on any atom is -0.479 e. The fourth-order valence-corrected chi connectivity index (χ4v) is 7.29. The van der Waals surface area contributed by atoms with E-state index < -0.39 is 59.3 Å². The molecule has 4 aliphatic rings. The Balaban J connectivity index is 1.36. The molecule has 0 spiro atoms. The van der Waals surface area contributed by atoms with Gasteiger partial charge in [-0.1, -0.05) is 25.0 Å². The zero-order valence-electron chi connectivity index (χ0n) is 26.3. The number of carbonyl (C=O) groups is 5. The highest BCUT2D eigenvalue weighted by molar-refractivity contribution is 7.11. The lowest BCUT2D eigenvalue weighted by atomic mass is 10.0. The molecule has 1 saturated carbocycles. The predicted molar refractivity (Wildman–Crippen MR) is 163 cm³/mol. The first-order chi connectivity index (χ1) is 21.3. The highest BCUT2D eigenvalue weighted by Crippen LogP contribution is 2.45. The zero-order chi connectivity index (χ0) is 32.5. The molecule has 246 valence electrons. The number of fused-ring (bicyclic) bond motifs is 3. The number of alkyl carbamates (subject to hydrolysis) is 1. The third-order valence-electron chi connectivity index (χ3n) is 8.68. The Labute approximate surface area is 266 Å². The van der Waals surface area contributed by atoms with Crippen molar-refractivity contribution >= 4 is 41.3 Å². The van der Waals surface area contributed by atoms with Crippen molar-refractivity contribution in [2.45, 2.75) is 115 Å². The number of thiazole rings is 1. The average Bonchev–Trinajstić information content (AvgIpc) is 3.28. The lowest BCUT2D eigenvalue weighted by Crippen LogP contribution is -2.56. The van der Waals surface area contributed by atoms with Gasteiger partial charge in [-0.25, -0.2) is 19.4 Å². The smallest absolute Gasteiger partial charge is 0.410 e. The molecule has 3 N–H and O–H groups in total. The molecule has 1 aromatic rings. The van der Waals surface area contributed by atoms with Crippen molar-refractivity contribution in [2.24, 2.45) is 5.92 Å². The minimum atomic E-state index is -1.45. The van der Waals surface area contributed by atoms with Crippen LogP contribution in [0.3, 0.4) is 0 Å². The summed E-state index contributed by atoms with van der Waals surface area (Å²) in [6.07, 6.45) is 5.85. The van der Waals surface area contributed by atoms with Crippen LogP contribution in [-0.2, 0) is 36.8 Å². The van der Waals surface area contributed by atoms with E-state index in [9.17, 15) is 29.1 Å². The first-order valence-electron chi connectivity index (χ1n) is 15.7. The molecule has 1 aliphatic carbocycles. The monoisotopic (exact) mass is 645 g/mol. The molecule has 3 aliphatic heterocycles. The quantitative estimate of drug-likeness (QED) is 0.418. The van der Waals surface area contributed by atoms with Gasteiger partial charge in [0.15, 0.2) is 0 Å². The van der Waals surface area contributed by atoms with E-state index in [2.05, 4.69) is 15.6 Å². The molecular formula is C31H43N5O8S. The number of aliphatic carboxylic acids is 1. The number of aryl methyl sites for hydroxylation is 1. The van der Waals surface area contributed by atoms with Gasteiger partial charge in [0, 0.05) is 30.2 Å². The van der Waals surface area contributed by atoms with Crippen LogP contribution in [0, 0.1) is 12.8 Å². The fourth-order valence-electron chi connectivity index (χ4n) is 6.29. The highest BCUT2D eigenvalue weighted by atomic mass is 32.1. The van der Waals surface area contributed by atoms with E-state index in [4.69, 9.17) is 9.47 Å². The second-order valence-corrected chi connectivity index (χ2v) is 14.7. The van der Waals surface area contributed by atoms with Gasteiger partial charge in [-0.15, -0.1) is 11.3 Å². The van der Waals surface area contributed by atoms with Gasteiger partial charge in [0.2, 0.25) is 11.8 Å². The first kappa shape index (κ1) is 32.7. The molecule has 1 aromatic heterocycles. The second-order valence-electron chi connectivity index (χ2n) is 13.4. The van der Waals surface area contributed by atoms with Crippen molar-refractivity contribution in [1.82, 2.24) is 25.4 Å². The van der Waals surface area contributed by atoms with E-state index >= 15 is 0 Å². The predicted octanol–water partition coefficient (Wildman–Crippen LogP) is 3.29. The van der Waals surface area contributed by atoms with Crippen molar-refractivity contribution in [3.63, 3.8) is 0 Å². The number of nitrogens with zero attached hydrogens (tertiary/aromatic N) is 3. The summed E-state index contributed by atoms with van der Waals surface area (Å²) in [7, 11) is 0. The summed E-state index contributed by atoms with van der Waals surface area (Å²) in [6.45, 7) is 7.83. The van der Waals surface area contributed by atoms with Gasteiger partial charge in [0.25, 0.3) is 0 Å². The van der Waals surface area contributed by atoms with Gasteiger partial charge >= 0.3 is 18.2 Å². The van der Waals surface area contributed by atoms with E-state index in [0.29, 0.717) is 32.4 Å². The number of carboxylic acids is 1. The van der Waals surface area contributed by atoms with Crippen molar-refractivity contribution in [1.29, 1.82) is 0 Å². The number of allylic oxidation sites excluding steroid dienone is 1. The molecule has 0 bridgehead atoms. The van der Waals surface area contributed by atoms with Crippen molar-refractivity contribution in [2.75, 3.05) is 13.1 Å². The molecule has 45 heavy (non-hydrogen) atoms. The summed E-state index contributed by atoms with van der Waals surface area (Å²) in [5, 5.41) is 16.4. The summed E-state index contributed by atoms with van der Waals surface area (Å²) in [6, 6.07) is -2.08. The Kier molecular flexibility index (Phi) is 9.43. The topological polar surface area (TPSA) is 167 Å². The third-order valence-corrected chi connectivity index (χ3v) is 9.67. The van der Waals surface area contributed by atoms with Crippen LogP contribution in [-0.4, -0.2) is 92.3 Å². The standard InChI is InChI=1S/C31H43N5O8S/c1-18-32-21-12-13-35(17-24(21)45-18)29(42)43-20-14-23-25(37)34-31(27(39)40)15-19(31)10-8-6-5-7-9-11-22(26(38)36(23)16-20)33-28(41)44-30(2,3)4/h8,10,19-20,22-23H,5-7,9,11-17H2,1-4H3,(H,33,41)(H,34,37)(H,39,40)/b10-8+/t19-,20-,22+,23+,31-/m1/s1. The number of nitrogens with one attached hydrogen (secondary N) is 2. The number of hydrogen-bond donors (Lipinski definition) is 3. The van der Waals surface area contributed by atoms with Crippen LogP contribution in [0.15, 0.2) is 12.2 Å². The number of amides is 4. The van der Waals surface area contributed by atoms with Crippen LogP contribution in [0.5, 0.6) is 0 Å². The largest absolute Gasteiger partial charge is 0.479 e. The summed E-state index contributed by atoms with van der Waals surface area (Å²) in [5.41, 5.74) is -1.25. The Morgan fingerprint density at radius 1 is 1.20 bits per heavy atom. The molecule has 4 heterocycles. The van der Waals surface area contributed by atoms with E-state index in [0.717, 1.165) is 34.8 Å². The van der Waals surface area contributed by atoms with Gasteiger partial charge in [-0.2, -0.15) is 0 Å². The number of carbonyl (C=O) groups excluding carboxylic acids is 4. The normalized spacial score (nSPS) is 29.6. The van der Waals surface area contributed by atoms with E-state index in [1.54, 1.807) is 25.7 Å². The van der Waals surface area contributed by atoms with Gasteiger partial charge < -0.3 is 35.0 Å². The average molecular weight is 646 g/mol. The van der Waals surface area contributed by atoms with E-state index in [1.807, 2.05) is 19.1 Å². The molecule has 2 fully saturated rings. The summed E-state index contributed by atoms with van der Waals surface area (Å²) < 4.78 is 11.3. The SMILES string of the molecule is Cc1nc2c(s1)CN(C(=O)O[C@@H]1C[C@H]3C(=O)N[C@]4(C(=O)O)C[C@H]4/C=C/CCCCC[C@H](NC(=O)OC(C)(C)C)C(=O)N3C1)CC2. The van der Waals surface area contributed by atoms with Crippen molar-refractivity contribution in [3.8, 4) is 0 Å². The Morgan fingerprint density at radius 3 is 2.71 bits per heavy atom. The summed E-state index contributed by atoms with van der Waals surface area (Å²) >= 11 is 1.54. The number of hydrogen-bond acceptors (Lipinski definition) is 9. The number of ether oxygens (including phenoxy) is 2. The Bertz CT molecular complexity index is 1370.